The summed E-state index contributed by atoms with van der Waals surface area (Å²) in [4.78, 5) is 4.10. The maximum Gasteiger partial charge on any atom is 0.114 e. The Balaban J connectivity index is 2.17. The van der Waals surface area contributed by atoms with E-state index in [9.17, 15) is 5.11 Å². The third-order valence-electron chi connectivity index (χ3n) is 2.63. The number of aliphatic hydroxyl groups is 1. The van der Waals surface area contributed by atoms with Crippen molar-refractivity contribution in [1.82, 2.24) is 24.5 Å². The van der Waals surface area contributed by atoms with Crippen LogP contribution >= 0.6 is 0 Å². The van der Waals surface area contributed by atoms with Gasteiger partial charge in [-0.15, -0.1) is 5.10 Å². The van der Waals surface area contributed by atoms with Gasteiger partial charge in [0.05, 0.1) is 31.0 Å². The fourth-order valence-corrected chi connectivity index (χ4v) is 1.59. The summed E-state index contributed by atoms with van der Waals surface area (Å²) in [5.74, 6) is 0. The first-order chi connectivity index (χ1) is 8.00. The highest BCUT2D eigenvalue weighted by Crippen LogP contribution is 2.16. The molecule has 0 spiro atoms. The summed E-state index contributed by atoms with van der Waals surface area (Å²) >= 11 is 0. The fraction of sp³-hybridized carbons (Fsp3) is 0.545. The molecule has 0 aliphatic heterocycles. The number of aryl methyl sites for hydroxylation is 1. The van der Waals surface area contributed by atoms with Gasteiger partial charge in [0.15, 0.2) is 0 Å². The topological polar surface area (TPSA) is 68.8 Å². The second kappa shape index (κ2) is 4.29. The van der Waals surface area contributed by atoms with Crippen LogP contribution in [-0.4, -0.2) is 29.7 Å². The maximum absolute atomic E-state index is 9.80. The number of imidazole rings is 1. The predicted octanol–water partition coefficient (Wildman–Crippen LogP) is 0.770. The minimum atomic E-state index is -0.955. The van der Waals surface area contributed by atoms with Crippen molar-refractivity contribution >= 4 is 0 Å². The summed E-state index contributed by atoms with van der Waals surface area (Å²) in [5.41, 5.74) is 0.684. The number of hydrogen-bond acceptors (Lipinski definition) is 4. The van der Waals surface area contributed by atoms with Crippen molar-refractivity contribution in [3.8, 4) is 0 Å². The van der Waals surface area contributed by atoms with Crippen LogP contribution in [0.4, 0.5) is 0 Å². The van der Waals surface area contributed by atoms with Gasteiger partial charge in [0.2, 0.25) is 0 Å². The van der Waals surface area contributed by atoms with Gasteiger partial charge in [-0.2, -0.15) is 0 Å². The third kappa shape index (κ3) is 2.52. The fourth-order valence-electron chi connectivity index (χ4n) is 1.59. The molecule has 2 heterocycles. The zero-order valence-corrected chi connectivity index (χ0v) is 10.3. The molecular formula is C11H17N5O. The normalized spacial score (nSPS) is 12.0. The summed E-state index contributed by atoms with van der Waals surface area (Å²) in [5, 5.41) is 17.8. The number of rotatable bonds is 4. The van der Waals surface area contributed by atoms with E-state index in [2.05, 4.69) is 22.2 Å². The van der Waals surface area contributed by atoms with Gasteiger partial charge in [-0.25, -0.2) is 9.67 Å². The highest BCUT2D eigenvalue weighted by Gasteiger charge is 2.20. The number of aromatic nitrogens is 5. The van der Waals surface area contributed by atoms with Gasteiger partial charge in [0.1, 0.15) is 11.3 Å². The summed E-state index contributed by atoms with van der Waals surface area (Å²) in [7, 11) is 0. The van der Waals surface area contributed by atoms with E-state index in [4.69, 9.17) is 0 Å². The Morgan fingerprint density at radius 2 is 2.18 bits per heavy atom. The smallest absolute Gasteiger partial charge is 0.114 e. The van der Waals surface area contributed by atoms with E-state index in [1.54, 1.807) is 31.1 Å². The van der Waals surface area contributed by atoms with Gasteiger partial charge in [0, 0.05) is 6.54 Å². The van der Waals surface area contributed by atoms with Gasteiger partial charge in [-0.1, -0.05) is 5.21 Å². The molecular weight excluding hydrogens is 218 g/mol. The third-order valence-corrected chi connectivity index (χ3v) is 2.63. The van der Waals surface area contributed by atoms with Crippen molar-refractivity contribution in [2.75, 3.05) is 0 Å². The van der Waals surface area contributed by atoms with Crippen LogP contribution in [0.3, 0.4) is 0 Å². The molecule has 0 unspecified atom stereocenters. The Bertz CT molecular complexity index is 494. The number of nitrogens with zero attached hydrogens (tertiary/aromatic N) is 5. The Morgan fingerprint density at radius 1 is 1.41 bits per heavy atom. The predicted molar refractivity (Wildman–Crippen MR) is 62.3 cm³/mol. The molecule has 92 valence electrons. The molecule has 0 saturated carbocycles. The Kier molecular flexibility index (Phi) is 2.97. The molecule has 0 amide bonds. The highest BCUT2D eigenvalue weighted by molar-refractivity contribution is 5.05. The lowest BCUT2D eigenvalue weighted by Gasteiger charge is -2.11. The van der Waals surface area contributed by atoms with Crippen molar-refractivity contribution < 1.29 is 5.11 Å². The molecule has 0 bridgehead atoms. The minimum absolute atomic E-state index is 0.570. The molecule has 0 saturated heterocycles. The number of hydrogen-bond donors (Lipinski definition) is 1. The standard InChI is InChI=1S/C11H17N5O/c1-4-15-8-12-5-9(15)6-16-7-10(13-14-16)11(2,3)17/h5,7-8,17H,4,6H2,1-3H3. The molecule has 17 heavy (non-hydrogen) atoms. The van der Waals surface area contributed by atoms with Gasteiger partial charge >= 0.3 is 0 Å². The molecule has 0 aliphatic rings. The van der Waals surface area contributed by atoms with Crippen molar-refractivity contribution in [2.24, 2.45) is 0 Å². The Labute approximate surface area is 99.9 Å². The summed E-state index contributed by atoms with van der Waals surface area (Å²) in [6.45, 7) is 6.93. The van der Waals surface area contributed by atoms with Crippen molar-refractivity contribution in [1.29, 1.82) is 0 Å². The average Bonchev–Trinajstić information content (AvgIpc) is 2.86. The zero-order valence-electron chi connectivity index (χ0n) is 10.3. The second-order valence-corrected chi connectivity index (χ2v) is 4.53. The van der Waals surface area contributed by atoms with Crippen LogP contribution in [0.25, 0.3) is 0 Å². The molecule has 0 atom stereocenters. The quantitative estimate of drug-likeness (QED) is 0.850. The van der Waals surface area contributed by atoms with Crippen molar-refractivity contribution in [3.05, 3.63) is 30.1 Å². The molecule has 0 aromatic carbocycles. The molecule has 2 aromatic heterocycles. The maximum atomic E-state index is 9.80. The van der Waals surface area contributed by atoms with E-state index in [1.165, 1.54) is 0 Å². The van der Waals surface area contributed by atoms with Crippen LogP contribution < -0.4 is 0 Å². The molecule has 2 aromatic rings. The van der Waals surface area contributed by atoms with Crippen LogP contribution in [-0.2, 0) is 18.7 Å². The molecule has 0 fully saturated rings. The average molecular weight is 235 g/mol. The van der Waals surface area contributed by atoms with Gasteiger partial charge in [-0.3, -0.25) is 0 Å². The summed E-state index contributed by atoms with van der Waals surface area (Å²) < 4.78 is 3.75. The first-order valence-corrected chi connectivity index (χ1v) is 5.62. The Hall–Kier alpha value is -1.69. The van der Waals surface area contributed by atoms with Crippen LogP contribution in [0.2, 0.25) is 0 Å². The summed E-state index contributed by atoms with van der Waals surface area (Å²) in [6, 6.07) is 0. The molecule has 0 radical (unpaired) electrons. The molecule has 1 N–H and O–H groups in total. The van der Waals surface area contributed by atoms with Crippen LogP contribution in [0.1, 0.15) is 32.2 Å². The Morgan fingerprint density at radius 3 is 2.76 bits per heavy atom. The van der Waals surface area contributed by atoms with E-state index in [-0.39, 0.29) is 0 Å². The van der Waals surface area contributed by atoms with Crippen LogP contribution in [0.15, 0.2) is 18.7 Å². The van der Waals surface area contributed by atoms with E-state index >= 15 is 0 Å². The van der Waals surface area contributed by atoms with Gasteiger partial charge in [-0.05, 0) is 20.8 Å². The van der Waals surface area contributed by atoms with Crippen LogP contribution in [0.5, 0.6) is 0 Å². The van der Waals surface area contributed by atoms with Crippen molar-refractivity contribution in [3.63, 3.8) is 0 Å². The van der Waals surface area contributed by atoms with Crippen molar-refractivity contribution in [2.45, 2.75) is 39.5 Å². The van der Waals surface area contributed by atoms with Gasteiger partial charge < -0.3 is 9.67 Å². The lowest BCUT2D eigenvalue weighted by Crippen LogP contribution is -2.15. The monoisotopic (exact) mass is 235 g/mol. The molecule has 6 heteroatoms. The zero-order chi connectivity index (χ0) is 12.5. The SMILES string of the molecule is CCn1cncc1Cn1cc(C(C)(C)O)nn1. The van der Waals surface area contributed by atoms with E-state index < -0.39 is 5.60 Å². The van der Waals surface area contributed by atoms with Gasteiger partial charge in [0.25, 0.3) is 0 Å². The lowest BCUT2D eigenvalue weighted by atomic mass is 10.1. The molecule has 2 rings (SSSR count). The largest absolute Gasteiger partial charge is 0.384 e. The van der Waals surface area contributed by atoms with Crippen LogP contribution in [0, 0.1) is 0 Å². The molecule has 0 aliphatic carbocycles. The first kappa shape index (κ1) is 11.8. The first-order valence-electron chi connectivity index (χ1n) is 5.62. The lowest BCUT2D eigenvalue weighted by molar-refractivity contribution is 0.0737. The van der Waals surface area contributed by atoms with E-state index in [1.807, 2.05) is 10.8 Å². The second-order valence-electron chi connectivity index (χ2n) is 4.53. The molecule has 6 nitrogen and oxygen atoms in total. The summed E-state index contributed by atoms with van der Waals surface area (Å²) in [6.07, 6.45) is 5.37. The highest BCUT2D eigenvalue weighted by atomic mass is 16.3. The minimum Gasteiger partial charge on any atom is -0.384 e. The van der Waals surface area contributed by atoms with E-state index in [0.29, 0.717) is 12.2 Å². The van der Waals surface area contributed by atoms with E-state index in [0.717, 1.165) is 12.2 Å².